The Morgan fingerprint density at radius 3 is 2.90 bits per heavy atom. The van der Waals surface area contributed by atoms with Crippen molar-refractivity contribution < 1.29 is 4.84 Å². The Morgan fingerprint density at radius 1 is 1.80 bits per heavy atom. The molecule has 0 atom stereocenters. The first-order valence-electron chi connectivity index (χ1n) is 2.25. The van der Waals surface area contributed by atoms with Crippen LogP contribution < -0.4 is 5.90 Å². The minimum atomic E-state index is 0. The summed E-state index contributed by atoms with van der Waals surface area (Å²) in [6.45, 7) is 0.379. The minimum Gasteiger partial charge on any atom is -0.299 e. The van der Waals surface area contributed by atoms with Gasteiger partial charge in [0.25, 0.3) is 0 Å². The highest BCUT2D eigenvalue weighted by atomic mass is 35.5. The molecule has 3 nitrogen and oxygen atoms in total. The fraction of sp³-hybridized carbons (Fsp3) is 0.250. The Morgan fingerprint density at radius 2 is 2.50 bits per heavy atom. The second-order valence-corrected chi connectivity index (χ2v) is 3.09. The van der Waals surface area contributed by atoms with E-state index in [-0.39, 0.29) is 12.4 Å². The maximum atomic E-state index is 5.51. The third-order valence-electron chi connectivity index (χ3n) is 0.751. The van der Waals surface area contributed by atoms with Gasteiger partial charge in [0.15, 0.2) is 4.47 Å². The van der Waals surface area contributed by atoms with Crippen molar-refractivity contribution in [3.05, 3.63) is 15.5 Å². The van der Waals surface area contributed by atoms with E-state index in [9.17, 15) is 0 Å². The lowest BCUT2D eigenvalue weighted by Gasteiger charge is -1.87. The summed E-state index contributed by atoms with van der Waals surface area (Å²) in [5.74, 6) is 4.81. The molecule has 0 spiro atoms. The summed E-state index contributed by atoms with van der Waals surface area (Å²) in [5, 5.41) is 0. The van der Waals surface area contributed by atoms with E-state index in [4.69, 9.17) is 17.5 Å². The molecule has 0 aliphatic rings. The smallest absolute Gasteiger partial charge is 0.183 e. The van der Waals surface area contributed by atoms with E-state index in [1.54, 1.807) is 6.20 Å². The summed E-state index contributed by atoms with van der Waals surface area (Å²) in [6, 6.07) is 0. The van der Waals surface area contributed by atoms with Crippen LogP contribution in [0.1, 0.15) is 4.88 Å². The van der Waals surface area contributed by atoms with Crippen molar-refractivity contribution in [2.75, 3.05) is 0 Å². The molecule has 0 fully saturated rings. The van der Waals surface area contributed by atoms with E-state index >= 15 is 0 Å². The number of aromatic nitrogens is 1. The van der Waals surface area contributed by atoms with Crippen LogP contribution >= 0.6 is 35.3 Å². The van der Waals surface area contributed by atoms with Gasteiger partial charge in [0.2, 0.25) is 0 Å². The van der Waals surface area contributed by atoms with Crippen LogP contribution in [0.5, 0.6) is 0 Å². The maximum Gasteiger partial charge on any atom is 0.183 e. The molecular weight excluding hydrogens is 195 g/mol. The summed E-state index contributed by atoms with van der Waals surface area (Å²) < 4.78 is 0.516. The highest BCUT2D eigenvalue weighted by Crippen LogP contribution is 2.17. The Hall–Kier alpha value is 0.130. The molecule has 0 aliphatic heterocycles. The zero-order valence-electron chi connectivity index (χ0n) is 4.91. The number of hydrogen-bond donors (Lipinski definition) is 1. The highest BCUT2D eigenvalue weighted by Gasteiger charge is 1.96. The Labute approximate surface area is 73.5 Å². The first-order chi connectivity index (χ1) is 4.33. The zero-order chi connectivity index (χ0) is 6.69. The van der Waals surface area contributed by atoms with Crippen LogP contribution in [0, 0.1) is 0 Å². The molecule has 0 saturated heterocycles. The highest BCUT2D eigenvalue weighted by molar-refractivity contribution is 7.15. The van der Waals surface area contributed by atoms with Gasteiger partial charge < -0.3 is 0 Å². The van der Waals surface area contributed by atoms with E-state index in [0.29, 0.717) is 11.1 Å². The molecule has 0 amide bonds. The van der Waals surface area contributed by atoms with Gasteiger partial charge >= 0.3 is 0 Å². The van der Waals surface area contributed by atoms with Gasteiger partial charge in [-0.3, -0.25) is 4.84 Å². The average molecular weight is 201 g/mol. The number of rotatable bonds is 2. The second kappa shape index (κ2) is 4.87. The van der Waals surface area contributed by atoms with Crippen LogP contribution in [-0.2, 0) is 11.4 Å². The first kappa shape index (κ1) is 10.1. The summed E-state index contributed by atoms with van der Waals surface area (Å²) in [7, 11) is 0. The molecule has 0 bridgehead atoms. The predicted molar refractivity (Wildman–Crippen MR) is 43.3 cm³/mol. The van der Waals surface area contributed by atoms with Crippen molar-refractivity contribution in [3.8, 4) is 0 Å². The molecule has 6 heteroatoms. The molecule has 2 N–H and O–H groups in total. The van der Waals surface area contributed by atoms with Crippen LogP contribution in [0.25, 0.3) is 0 Å². The summed E-state index contributed by atoms with van der Waals surface area (Å²) in [6.07, 6.45) is 1.64. The fourth-order valence-corrected chi connectivity index (χ4v) is 1.33. The third kappa shape index (κ3) is 2.81. The fourth-order valence-electron chi connectivity index (χ4n) is 0.432. The Balaban J connectivity index is 0.000000810. The first-order valence-corrected chi connectivity index (χ1v) is 3.44. The van der Waals surface area contributed by atoms with Crippen LogP contribution in [0.2, 0.25) is 4.47 Å². The van der Waals surface area contributed by atoms with Gasteiger partial charge in [0, 0.05) is 6.20 Å². The zero-order valence-corrected chi connectivity index (χ0v) is 7.30. The van der Waals surface area contributed by atoms with Gasteiger partial charge in [0.05, 0.1) is 4.88 Å². The number of thiazole rings is 1. The molecule has 0 saturated carbocycles. The van der Waals surface area contributed by atoms with Crippen LogP contribution in [0.4, 0.5) is 0 Å². The maximum absolute atomic E-state index is 5.51. The van der Waals surface area contributed by atoms with Crippen molar-refractivity contribution in [1.82, 2.24) is 4.98 Å². The molecule has 58 valence electrons. The van der Waals surface area contributed by atoms with Crippen molar-refractivity contribution in [2.45, 2.75) is 6.61 Å². The van der Waals surface area contributed by atoms with E-state index < -0.39 is 0 Å². The average Bonchev–Trinajstić information content (AvgIpc) is 2.17. The predicted octanol–water partition coefficient (Wildman–Crippen LogP) is 1.61. The number of halogens is 2. The van der Waals surface area contributed by atoms with Crippen molar-refractivity contribution in [3.63, 3.8) is 0 Å². The molecule has 1 rings (SSSR count). The minimum absolute atomic E-state index is 0. The monoisotopic (exact) mass is 200 g/mol. The van der Waals surface area contributed by atoms with Gasteiger partial charge in [0.1, 0.15) is 6.61 Å². The third-order valence-corrected chi connectivity index (χ3v) is 1.84. The molecule has 10 heavy (non-hydrogen) atoms. The Kier molecular flexibility index (Phi) is 4.93. The number of nitrogens with two attached hydrogens (primary N) is 1. The van der Waals surface area contributed by atoms with E-state index in [2.05, 4.69) is 9.82 Å². The molecule has 1 heterocycles. The standard InChI is InChI=1S/C4H5ClN2OS.ClH/c5-4-7-1-3(9-4)2-8-6;/h1H,2,6H2;1H. The largest absolute Gasteiger partial charge is 0.299 e. The number of nitrogens with zero attached hydrogens (tertiary/aromatic N) is 1. The number of hydrogen-bond acceptors (Lipinski definition) is 4. The van der Waals surface area contributed by atoms with Crippen molar-refractivity contribution >= 4 is 35.3 Å². The lowest BCUT2D eigenvalue weighted by molar-refractivity contribution is 0.126. The van der Waals surface area contributed by atoms with E-state index in [0.717, 1.165) is 4.88 Å². The molecular formula is C4H6Cl2N2OS. The summed E-state index contributed by atoms with van der Waals surface area (Å²) in [4.78, 5) is 9.07. The molecule has 0 radical (unpaired) electrons. The Bertz CT molecular complexity index is 193. The van der Waals surface area contributed by atoms with Crippen molar-refractivity contribution in [2.24, 2.45) is 5.90 Å². The SMILES string of the molecule is Cl.NOCc1cnc(Cl)s1. The molecule has 0 aliphatic carbocycles. The second-order valence-electron chi connectivity index (χ2n) is 1.39. The summed E-state index contributed by atoms with van der Waals surface area (Å²) >= 11 is 6.87. The van der Waals surface area contributed by atoms with Gasteiger partial charge in [-0.05, 0) is 0 Å². The van der Waals surface area contributed by atoms with Gasteiger partial charge in [-0.1, -0.05) is 11.6 Å². The molecule has 1 aromatic rings. The van der Waals surface area contributed by atoms with Crippen LogP contribution in [0.15, 0.2) is 6.20 Å². The molecule has 0 aromatic carbocycles. The molecule has 0 unspecified atom stereocenters. The normalized spacial score (nSPS) is 9.00. The van der Waals surface area contributed by atoms with Crippen LogP contribution in [-0.4, -0.2) is 4.98 Å². The van der Waals surface area contributed by atoms with E-state index in [1.807, 2.05) is 0 Å². The van der Waals surface area contributed by atoms with E-state index in [1.165, 1.54) is 11.3 Å². The lowest BCUT2D eigenvalue weighted by Crippen LogP contribution is -1.96. The van der Waals surface area contributed by atoms with Gasteiger partial charge in [-0.2, -0.15) is 0 Å². The quantitative estimate of drug-likeness (QED) is 0.739. The summed E-state index contributed by atoms with van der Waals surface area (Å²) in [5.41, 5.74) is 0. The lowest BCUT2D eigenvalue weighted by atomic mass is 10.6. The molecule has 1 aromatic heterocycles. The topological polar surface area (TPSA) is 48.1 Å². The van der Waals surface area contributed by atoms with Gasteiger partial charge in [-0.25, -0.2) is 10.9 Å². The van der Waals surface area contributed by atoms with Crippen LogP contribution in [0.3, 0.4) is 0 Å². The van der Waals surface area contributed by atoms with Gasteiger partial charge in [-0.15, -0.1) is 23.7 Å². The van der Waals surface area contributed by atoms with Crippen molar-refractivity contribution in [1.29, 1.82) is 0 Å².